The van der Waals surface area contributed by atoms with Gasteiger partial charge in [-0.2, -0.15) is 0 Å². The van der Waals surface area contributed by atoms with E-state index in [1.165, 1.54) is 12.8 Å². The van der Waals surface area contributed by atoms with Crippen LogP contribution in [0.1, 0.15) is 54.4 Å². The van der Waals surface area contributed by atoms with Crippen molar-refractivity contribution in [3.05, 3.63) is 47.5 Å². The van der Waals surface area contributed by atoms with Gasteiger partial charge in [-0.15, -0.1) is 0 Å². The molecule has 4 heteroatoms. The molecule has 1 saturated carbocycles. The summed E-state index contributed by atoms with van der Waals surface area (Å²) in [5.74, 6) is 0.497. The first-order valence-electron chi connectivity index (χ1n) is 8.86. The third-order valence-electron chi connectivity index (χ3n) is 4.90. The van der Waals surface area contributed by atoms with Crippen LogP contribution in [0.2, 0.25) is 0 Å². The van der Waals surface area contributed by atoms with Gasteiger partial charge in [0, 0.05) is 30.6 Å². The molecule has 0 radical (unpaired) electrons. The lowest BCUT2D eigenvalue weighted by Crippen LogP contribution is -2.43. The Kier molecular flexibility index (Phi) is 5.14. The molecule has 1 N–H and O–H groups in total. The molecule has 128 valence electrons. The lowest BCUT2D eigenvalue weighted by Gasteiger charge is -2.33. The maximum atomic E-state index is 12.4. The van der Waals surface area contributed by atoms with Crippen LogP contribution in [0.15, 0.2) is 36.4 Å². The molecule has 0 unspecified atom stereocenters. The Morgan fingerprint density at radius 2 is 2.08 bits per heavy atom. The summed E-state index contributed by atoms with van der Waals surface area (Å²) < 4.78 is 0. The summed E-state index contributed by atoms with van der Waals surface area (Å²) in [5, 5.41) is 3.30. The molecule has 1 heterocycles. The number of ketones is 1. The number of amides is 1. The van der Waals surface area contributed by atoms with E-state index >= 15 is 0 Å². The van der Waals surface area contributed by atoms with Crippen LogP contribution in [0.4, 0.5) is 0 Å². The number of allylic oxidation sites excluding steroid dienone is 1. The zero-order valence-corrected chi connectivity index (χ0v) is 14.4. The van der Waals surface area contributed by atoms with Crippen LogP contribution >= 0.6 is 0 Å². The molecule has 1 atom stereocenters. The molecule has 1 aliphatic heterocycles. The minimum Gasteiger partial charge on any atom is -0.341 e. The molecule has 1 saturated heterocycles. The number of carbonyl (C=O) groups is 2. The first-order valence-corrected chi connectivity index (χ1v) is 8.86. The van der Waals surface area contributed by atoms with E-state index in [1.54, 1.807) is 6.92 Å². The highest BCUT2D eigenvalue weighted by molar-refractivity contribution is 6.07. The summed E-state index contributed by atoms with van der Waals surface area (Å²) in [6, 6.07) is 8.36. The zero-order chi connectivity index (χ0) is 17.1. The van der Waals surface area contributed by atoms with Gasteiger partial charge >= 0.3 is 0 Å². The molecule has 4 nitrogen and oxygen atoms in total. The first kappa shape index (κ1) is 16.9. The maximum absolute atomic E-state index is 12.4. The molecule has 0 spiro atoms. The number of hydrogen-bond acceptors (Lipinski definition) is 3. The lowest BCUT2D eigenvalue weighted by molar-refractivity contribution is -0.131. The topological polar surface area (TPSA) is 49.4 Å². The van der Waals surface area contributed by atoms with E-state index < -0.39 is 0 Å². The Balaban J connectivity index is 1.65. The van der Waals surface area contributed by atoms with Crippen molar-refractivity contribution in [3.8, 4) is 0 Å². The fourth-order valence-electron chi connectivity index (χ4n) is 3.29. The molecule has 24 heavy (non-hydrogen) atoms. The van der Waals surface area contributed by atoms with Crippen molar-refractivity contribution < 1.29 is 9.59 Å². The van der Waals surface area contributed by atoms with Crippen molar-refractivity contribution in [2.24, 2.45) is 0 Å². The van der Waals surface area contributed by atoms with Crippen LogP contribution in [0.3, 0.4) is 0 Å². The van der Waals surface area contributed by atoms with Gasteiger partial charge in [0.1, 0.15) is 0 Å². The van der Waals surface area contributed by atoms with Crippen LogP contribution in [-0.4, -0.2) is 42.3 Å². The summed E-state index contributed by atoms with van der Waals surface area (Å²) in [7, 11) is 0. The Morgan fingerprint density at radius 1 is 1.29 bits per heavy atom. The zero-order valence-electron chi connectivity index (χ0n) is 14.4. The van der Waals surface area contributed by atoms with Gasteiger partial charge in [-0.3, -0.25) is 9.59 Å². The molecule has 1 aromatic rings. The van der Waals surface area contributed by atoms with Crippen molar-refractivity contribution in [2.75, 3.05) is 19.6 Å². The molecule has 2 aliphatic rings. The highest BCUT2D eigenvalue weighted by atomic mass is 16.2. The second-order valence-corrected chi connectivity index (χ2v) is 7.07. The van der Waals surface area contributed by atoms with Crippen LogP contribution < -0.4 is 5.32 Å². The van der Waals surface area contributed by atoms with Gasteiger partial charge in [0.15, 0.2) is 5.78 Å². The number of carbonyl (C=O) groups excluding carboxylic acids is 2. The fraction of sp³-hybridized carbons (Fsp3) is 0.500. The number of rotatable bonds is 6. The maximum Gasteiger partial charge on any atom is 0.236 e. The number of benzene rings is 1. The number of nitrogens with zero attached hydrogens (tertiary/aromatic N) is 1. The SMILES string of the molecule is C=C(C)C(=O)c1cccc([C@H]2CCCN(C(=O)CNC3CC3)C2)c1. The van der Waals surface area contributed by atoms with Gasteiger partial charge in [-0.05, 0) is 49.8 Å². The van der Waals surface area contributed by atoms with E-state index in [1.807, 2.05) is 23.1 Å². The minimum atomic E-state index is -0.00535. The summed E-state index contributed by atoms with van der Waals surface area (Å²) in [6.07, 6.45) is 4.46. The summed E-state index contributed by atoms with van der Waals surface area (Å²) in [4.78, 5) is 26.5. The van der Waals surface area contributed by atoms with Gasteiger partial charge in [0.25, 0.3) is 0 Å². The molecule has 3 rings (SSSR count). The standard InChI is InChI=1S/C20H26N2O2/c1-14(2)20(24)16-6-3-5-15(11-16)17-7-4-10-22(13-17)19(23)12-21-18-8-9-18/h3,5-6,11,17-18,21H,1,4,7-10,12-13H2,2H3/t17-/m0/s1. The third kappa shape index (κ3) is 4.12. The largest absolute Gasteiger partial charge is 0.341 e. The predicted molar refractivity (Wildman–Crippen MR) is 95.2 cm³/mol. The van der Waals surface area contributed by atoms with E-state index in [2.05, 4.69) is 18.0 Å². The third-order valence-corrected chi connectivity index (χ3v) is 4.90. The van der Waals surface area contributed by atoms with Crippen molar-refractivity contribution in [3.63, 3.8) is 0 Å². The monoisotopic (exact) mass is 326 g/mol. The van der Waals surface area contributed by atoms with E-state index in [4.69, 9.17) is 0 Å². The smallest absolute Gasteiger partial charge is 0.236 e. The molecule has 0 bridgehead atoms. The Bertz CT molecular complexity index is 649. The average molecular weight is 326 g/mol. The molecular formula is C20H26N2O2. The van der Waals surface area contributed by atoms with Crippen LogP contribution in [0.5, 0.6) is 0 Å². The average Bonchev–Trinajstić information content (AvgIpc) is 3.43. The highest BCUT2D eigenvalue weighted by Crippen LogP contribution is 2.28. The number of hydrogen-bond donors (Lipinski definition) is 1. The Morgan fingerprint density at radius 3 is 2.79 bits per heavy atom. The van der Waals surface area contributed by atoms with Gasteiger partial charge in [-0.1, -0.05) is 24.8 Å². The van der Waals surface area contributed by atoms with Gasteiger partial charge in [0.2, 0.25) is 5.91 Å². The number of nitrogens with one attached hydrogen (secondary N) is 1. The summed E-state index contributed by atoms with van der Waals surface area (Å²) in [6.45, 7) is 7.51. The Hall–Kier alpha value is -1.94. The van der Waals surface area contributed by atoms with E-state index in [0.717, 1.165) is 31.5 Å². The second kappa shape index (κ2) is 7.31. The summed E-state index contributed by atoms with van der Waals surface area (Å²) >= 11 is 0. The molecule has 1 amide bonds. The quantitative estimate of drug-likeness (QED) is 0.646. The van der Waals surface area contributed by atoms with Crippen LogP contribution in [-0.2, 0) is 4.79 Å². The van der Waals surface area contributed by atoms with Crippen molar-refractivity contribution in [1.82, 2.24) is 10.2 Å². The molecule has 0 aromatic heterocycles. The van der Waals surface area contributed by atoms with Gasteiger partial charge in [-0.25, -0.2) is 0 Å². The number of Topliss-reactive ketones (excluding diaryl/α,β-unsaturated/α-hetero) is 1. The van der Waals surface area contributed by atoms with Crippen molar-refractivity contribution in [1.29, 1.82) is 0 Å². The van der Waals surface area contributed by atoms with Crippen molar-refractivity contribution in [2.45, 2.75) is 44.6 Å². The van der Waals surface area contributed by atoms with Crippen LogP contribution in [0, 0.1) is 0 Å². The minimum absolute atomic E-state index is 0.00535. The predicted octanol–water partition coefficient (Wildman–Crippen LogP) is 2.90. The number of piperidine rings is 1. The van der Waals surface area contributed by atoms with E-state index in [9.17, 15) is 9.59 Å². The Labute approximate surface area is 143 Å². The van der Waals surface area contributed by atoms with Gasteiger partial charge in [0.05, 0.1) is 6.54 Å². The highest BCUT2D eigenvalue weighted by Gasteiger charge is 2.27. The number of likely N-dealkylation sites (tertiary alicyclic amines) is 1. The molecule has 1 aromatic carbocycles. The molecule has 2 fully saturated rings. The second-order valence-electron chi connectivity index (χ2n) is 7.07. The normalized spacial score (nSPS) is 20.7. The molecule has 1 aliphatic carbocycles. The summed E-state index contributed by atoms with van der Waals surface area (Å²) in [5.41, 5.74) is 2.40. The fourth-order valence-corrected chi connectivity index (χ4v) is 3.29. The van der Waals surface area contributed by atoms with E-state index in [0.29, 0.717) is 29.6 Å². The van der Waals surface area contributed by atoms with Gasteiger partial charge < -0.3 is 10.2 Å². The molecular weight excluding hydrogens is 300 g/mol. The first-order chi connectivity index (χ1) is 11.5. The van der Waals surface area contributed by atoms with Crippen LogP contribution in [0.25, 0.3) is 0 Å². The lowest BCUT2D eigenvalue weighted by atomic mass is 9.89. The van der Waals surface area contributed by atoms with Crippen molar-refractivity contribution >= 4 is 11.7 Å². The van der Waals surface area contributed by atoms with E-state index in [-0.39, 0.29) is 11.7 Å².